The molecule has 6 nitrogen and oxygen atoms in total. The maximum absolute atomic E-state index is 13.8. The molecule has 0 radical (unpaired) electrons. The summed E-state index contributed by atoms with van der Waals surface area (Å²) < 4.78 is 6.22. The van der Waals surface area contributed by atoms with Gasteiger partial charge < -0.3 is 4.74 Å². The van der Waals surface area contributed by atoms with Gasteiger partial charge in [-0.25, -0.2) is 4.90 Å². The highest BCUT2D eigenvalue weighted by molar-refractivity contribution is 6.42. The van der Waals surface area contributed by atoms with Crippen molar-refractivity contribution in [2.24, 2.45) is 11.8 Å². The van der Waals surface area contributed by atoms with E-state index in [0.717, 1.165) is 4.90 Å². The zero-order chi connectivity index (χ0) is 23.8. The fraction of sp³-hybridized carbons (Fsp3) is 0.154. The van der Waals surface area contributed by atoms with E-state index in [0.29, 0.717) is 5.56 Å². The van der Waals surface area contributed by atoms with Crippen molar-refractivity contribution in [3.05, 3.63) is 99.5 Å². The standard InChI is InChI=1S/C26H15Cl2NO5/c27-17-11-10-14(12-18(17)28)29-24(32)19-20(25(29)33)26(34-21(19)13-6-2-1-3-7-13)22(30)15-8-4-5-9-16(15)23(26)31/h1-12,19-21H/t19-,20-,21-/m0/s1. The average molecular weight is 492 g/mol. The van der Waals surface area contributed by atoms with E-state index in [9.17, 15) is 19.2 Å². The Balaban J connectivity index is 1.55. The van der Waals surface area contributed by atoms with Gasteiger partial charge in [0.1, 0.15) is 0 Å². The van der Waals surface area contributed by atoms with Crippen LogP contribution in [-0.2, 0) is 14.3 Å². The molecule has 34 heavy (non-hydrogen) atoms. The van der Waals surface area contributed by atoms with Crippen LogP contribution in [0.1, 0.15) is 32.4 Å². The first-order valence-electron chi connectivity index (χ1n) is 10.6. The maximum Gasteiger partial charge on any atom is 0.241 e. The Morgan fingerprint density at radius 3 is 1.97 bits per heavy atom. The second-order valence-electron chi connectivity index (χ2n) is 8.50. The van der Waals surface area contributed by atoms with Crippen molar-refractivity contribution < 1.29 is 23.9 Å². The number of imide groups is 1. The highest BCUT2D eigenvalue weighted by Gasteiger charge is 2.74. The highest BCUT2D eigenvalue weighted by Crippen LogP contribution is 2.57. The lowest BCUT2D eigenvalue weighted by atomic mass is 9.77. The molecule has 2 saturated heterocycles. The Labute approximate surface area is 204 Å². The summed E-state index contributed by atoms with van der Waals surface area (Å²) in [5, 5.41) is 0.436. The quantitative estimate of drug-likeness (QED) is 0.383. The Morgan fingerprint density at radius 2 is 1.35 bits per heavy atom. The number of carbonyl (C=O) groups is 4. The van der Waals surface area contributed by atoms with Crippen LogP contribution in [0.15, 0.2) is 72.8 Å². The number of carbonyl (C=O) groups excluding carboxylic acids is 4. The number of benzene rings is 3. The van der Waals surface area contributed by atoms with Gasteiger partial charge in [0.2, 0.25) is 29.0 Å². The van der Waals surface area contributed by atoms with E-state index >= 15 is 0 Å². The summed E-state index contributed by atoms with van der Waals surface area (Å²) in [7, 11) is 0. The topological polar surface area (TPSA) is 80.8 Å². The van der Waals surface area contributed by atoms with Crippen LogP contribution in [0.3, 0.4) is 0 Å². The summed E-state index contributed by atoms with van der Waals surface area (Å²) >= 11 is 12.2. The molecule has 1 spiro atoms. The van der Waals surface area contributed by atoms with Gasteiger partial charge in [-0.1, -0.05) is 77.8 Å². The zero-order valence-electron chi connectivity index (χ0n) is 17.4. The van der Waals surface area contributed by atoms with Gasteiger partial charge in [0, 0.05) is 11.1 Å². The molecule has 0 bridgehead atoms. The van der Waals surface area contributed by atoms with E-state index in [-0.39, 0.29) is 26.9 Å². The molecule has 3 aromatic carbocycles. The summed E-state index contributed by atoms with van der Waals surface area (Å²) in [6.07, 6.45) is -0.961. The summed E-state index contributed by atoms with van der Waals surface area (Å²) in [6.45, 7) is 0. The fourth-order valence-corrected chi connectivity index (χ4v) is 5.63. The van der Waals surface area contributed by atoms with E-state index in [2.05, 4.69) is 0 Å². The van der Waals surface area contributed by atoms with Crippen LogP contribution in [0.4, 0.5) is 5.69 Å². The number of nitrogens with zero attached hydrogens (tertiary/aromatic N) is 1. The molecule has 6 rings (SSSR count). The SMILES string of the molecule is O=C1[C@H]2[C@@H](C(=O)N1c1ccc(Cl)c(Cl)c1)C1(O[C@H]2c2ccccc2)C(=O)c2ccccc2C1=O. The lowest BCUT2D eigenvalue weighted by Crippen LogP contribution is -2.51. The van der Waals surface area contributed by atoms with Crippen LogP contribution < -0.4 is 4.90 Å². The molecule has 0 N–H and O–H groups in total. The minimum absolute atomic E-state index is 0.169. The zero-order valence-corrected chi connectivity index (χ0v) is 18.9. The number of hydrogen-bond acceptors (Lipinski definition) is 5. The number of fused-ring (bicyclic) bond motifs is 3. The van der Waals surface area contributed by atoms with E-state index in [4.69, 9.17) is 27.9 Å². The number of ether oxygens (including phenoxy) is 1. The Morgan fingerprint density at radius 1 is 0.735 bits per heavy atom. The van der Waals surface area contributed by atoms with Crippen LogP contribution in [0, 0.1) is 11.8 Å². The highest BCUT2D eigenvalue weighted by atomic mass is 35.5. The van der Waals surface area contributed by atoms with E-state index in [1.54, 1.807) is 42.5 Å². The van der Waals surface area contributed by atoms with E-state index in [1.165, 1.54) is 30.3 Å². The van der Waals surface area contributed by atoms with Gasteiger partial charge in [0.15, 0.2) is 0 Å². The van der Waals surface area contributed by atoms with Gasteiger partial charge in [-0.05, 0) is 23.8 Å². The predicted octanol–water partition coefficient (Wildman–Crippen LogP) is 4.69. The third-order valence-electron chi connectivity index (χ3n) is 6.81. The molecule has 0 saturated carbocycles. The predicted molar refractivity (Wildman–Crippen MR) is 124 cm³/mol. The molecule has 2 amide bonds. The molecule has 1 aliphatic carbocycles. The number of rotatable bonds is 2. The first kappa shape index (κ1) is 21.2. The van der Waals surface area contributed by atoms with Crippen LogP contribution in [-0.4, -0.2) is 29.0 Å². The van der Waals surface area contributed by atoms with Crippen LogP contribution in [0.2, 0.25) is 10.0 Å². The van der Waals surface area contributed by atoms with Crippen molar-refractivity contribution in [2.75, 3.05) is 4.90 Å². The average Bonchev–Trinajstić information content (AvgIpc) is 3.42. The van der Waals surface area contributed by atoms with Crippen LogP contribution >= 0.6 is 23.2 Å². The molecule has 3 atom stereocenters. The molecule has 2 aliphatic heterocycles. The monoisotopic (exact) mass is 491 g/mol. The number of hydrogen-bond donors (Lipinski definition) is 0. The summed E-state index contributed by atoms with van der Waals surface area (Å²) in [6, 6.07) is 19.6. The van der Waals surface area contributed by atoms with Crippen molar-refractivity contribution in [2.45, 2.75) is 11.7 Å². The van der Waals surface area contributed by atoms with E-state index in [1.807, 2.05) is 0 Å². The summed E-state index contributed by atoms with van der Waals surface area (Å²) in [5.74, 6) is -4.81. The minimum Gasteiger partial charge on any atom is -0.349 e. The van der Waals surface area contributed by atoms with Crippen molar-refractivity contribution in [1.29, 1.82) is 0 Å². The van der Waals surface area contributed by atoms with Crippen LogP contribution in [0.5, 0.6) is 0 Å². The largest absolute Gasteiger partial charge is 0.349 e. The second kappa shape index (κ2) is 7.34. The third kappa shape index (κ3) is 2.61. The van der Waals surface area contributed by atoms with Crippen molar-refractivity contribution in [3.63, 3.8) is 0 Å². The number of halogens is 2. The Hall–Kier alpha value is -3.32. The van der Waals surface area contributed by atoms with Crippen molar-refractivity contribution >= 4 is 52.3 Å². The smallest absolute Gasteiger partial charge is 0.241 e. The molecule has 2 heterocycles. The van der Waals surface area contributed by atoms with E-state index < -0.39 is 46.9 Å². The molecule has 3 aliphatic rings. The van der Waals surface area contributed by atoms with Gasteiger partial charge in [-0.2, -0.15) is 0 Å². The summed E-state index contributed by atoms with van der Waals surface area (Å²) in [4.78, 5) is 55.9. The van der Waals surface area contributed by atoms with Gasteiger partial charge in [0.25, 0.3) is 0 Å². The molecule has 0 unspecified atom stereocenters. The molecule has 3 aromatic rings. The minimum atomic E-state index is -2.10. The van der Waals surface area contributed by atoms with Gasteiger partial charge in [0.05, 0.1) is 33.7 Å². The third-order valence-corrected chi connectivity index (χ3v) is 7.55. The fourth-order valence-electron chi connectivity index (χ4n) is 5.34. The first-order valence-corrected chi connectivity index (χ1v) is 11.4. The summed E-state index contributed by atoms with van der Waals surface area (Å²) in [5.41, 5.74) is -0.910. The number of anilines is 1. The Kier molecular flexibility index (Phi) is 4.58. The molecule has 8 heteroatoms. The number of amides is 2. The van der Waals surface area contributed by atoms with Crippen LogP contribution in [0.25, 0.3) is 0 Å². The molecular weight excluding hydrogens is 477 g/mol. The van der Waals surface area contributed by atoms with Crippen molar-refractivity contribution in [3.8, 4) is 0 Å². The first-order chi connectivity index (χ1) is 16.4. The molecular formula is C26H15Cl2NO5. The van der Waals surface area contributed by atoms with Gasteiger partial charge in [-0.15, -0.1) is 0 Å². The van der Waals surface area contributed by atoms with Crippen molar-refractivity contribution in [1.82, 2.24) is 0 Å². The second-order valence-corrected chi connectivity index (χ2v) is 9.32. The maximum atomic E-state index is 13.8. The molecule has 0 aromatic heterocycles. The molecule has 2 fully saturated rings. The van der Waals surface area contributed by atoms with Gasteiger partial charge in [-0.3, -0.25) is 19.2 Å². The number of ketones is 2. The number of Topliss-reactive ketones (excluding diaryl/α,β-unsaturated/α-hetero) is 2. The van der Waals surface area contributed by atoms with Gasteiger partial charge >= 0.3 is 0 Å². The lowest BCUT2D eigenvalue weighted by Gasteiger charge is -2.27. The normalized spacial score (nSPS) is 24.8. The molecule has 168 valence electrons. The lowest BCUT2D eigenvalue weighted by molar-refractivity contribution is -0.127. The Bertz CT molecular complexity index is 1380.